The molecule has 18 fully saturated rings. The van der Waals surface area contributed by atoms with Crippen LogP contribution in [-0.4, -0.2) is 531 Å². The van der Waals surface area contributed by atoms with Crippen molar-refractivity contribution < 1.29 is 90.9 Å². The maximum atomic E-state index is 10.5. The minimum atomic E-state index is -0.285. The predicted octanol–water partition coefficient (Wildman–Crippen LogP) is -0.134. The van der Waals surface area contributed by atoms with Crippen LogP contribution >= 0.6 is 0 Å². The quantitative estimate of drug-likeness (QED) is 0.0849. The lowest BCUT2D eigenvalue weighted by Crippen LogP contribution is -2.62. The molecule has 12 heterocycles. The molecule has 35 nitrogen and oxygen atoms in total. The van der Waals surface area contributed by atoms with Crippen molar-refractivity contribution in [3.8, 4) is 0 Å². The number of nitrogens with zero attached hydrogens (tertiary/aromatic N) is 10. The fraction of sp³-hybridized carbons (Fsp3) is 0.990. The van der Waals surface area contributed by atoms with Gasteiger partial charge in [0, 0.05) is 145 Å². The number of fused-ring (bicyclic) bond motifs is 4. The molecule has 1 amide bonds. The first-order valence-electron chi connectivity index (χ1n) is 52.8. The molecule has 0 radical (unpaired) electrons. The van der Waals surface area contributed by atoms with Crippen molar-refractivity contribution in [2.45, 2.75) is 316 Å². The van der Waals surface area contributed by atoms with Gasteiger partial charge in [-0.15, -0.1) is 0 Å². The molecule has 4 bridgehead atoms. The van der Waals surface area contributed by atoms with Crippen LogP contribution in [0.2, 0.25) is 0 Å². The zero-order valence-corrected chi connectivity index (χ0v) is 89.0. The van der Waals surface area contributed by atoms with Crippen LogP contribution in [0.4, 0.5) is 0 Å². The minimum Gasteiger partial charge on any atom is -0.396 e. The Hall–Kier alpha value is -1.85. The number of rotatable bonds is 18. The number of morpholine rings is 2. The topological polar surface area (TPSA) is 470 Å². The number of primary amides is 1. The van der Waals surface area contributed by atoms with Crippen molar-refractivity contribution in [2.75, 3.05) is 290 Å². The fourth-order valence-electron chi connectivity index (χ4n) is 21.6. The van der Waals surface area contributed by atoms with E-state index >= 15 is 0 Å². The number of carbonyl (C=O) groups excluding carboxylic acids is 1. The van der Waals surface area contributed by atoms with Crippen LogP contribution in [-0.2, 0) is 14.3 Å². The van der Waals surface area contributed by atoms with Crippen LogP contribution in [0.15, 0.2) is 0 Å². The van der Waals surface area contributed by atoms with Crippen molar-refractivity contribution in [1.82, 2.24) is 80.9 Å². The zero-order chi connectivity index (χ0) is 102. The summed E-state index contributed by atoms with van der Waals surface area (Å²) in [5, 5.41) is 151. The average molecular weight is 1950 g/mol. The summed E-state index contributed by atoms with van der Waals surface area (Å²) in [4.78, 5) is 32.8. The van der Waals surface area contributed by atoms with Gasteiger partial charge in [-0.3, -0.25) is 14.6 Å². The molecule has 6 aliphatic carbocycles. The van der Waals surface area contributed by atoms with Crippen LogP contribution in [0.25, 0.3) is 0 Å². The van der Waals surface area contributed by atoms with E-state index in [4.69, 9.17) is 81.6 Å². The number of likely N-dealkylation sites (N-methyl/N-ethyl adjacent to an activating group) is 9. The molecular formula is C101H213N17O18. The van der Waals surface area contributed by atoms with Gasteiger partial charge in [0.15, 0.2) is 0 Å². The number of nitrogens with two attached hydrogens (primary N) is 1. The highest BCUT2D eigenvalue weighted by Gasteiger charge is 2.52. The first-order chi connectivity index (χ1) is 64.7. The van der Waals surface area contributed by atoms with Crippen LogP contribution in [0.3, 0.4) is 0 Å². The minimum absolute atomic E-state index is 0.00583. The summed E-state index contributed by atoms with van der Waals surface area (Å²) >= 11 is 0. The van der Waals surface area contributed by atoms with Crippen molar-refractivity contribution in [2.24, 2.45) is 45.7 Å². The Morgan fingerprint density at radius 2 is 0.838 bits per heavy atom. The summed E-state index contributed by atoms with van der Waals surface area (Å²) < 4.78 is 10.5. The normalized spacial score (nSPS) is 32.4. The Balaban J connectivity index is 0.000000374. The third-order valence-electron chi connectivity index (χ3n) is 31.3. The lowest BCUT2D eigenvalue weighted by atomic mass is 9.51. The fourth-order valence-corrected chi connectivity index (χ4v) is 21.6. The first-order valence-corrected chi connectivity index (χ1v) is 52.8. The molecule has 2 spiro atoms. The highest BCUT2D eigenvalue weighted by molar-refractivity contribution is 5.80. The van der Waals surface area contributed by atoms with Crippen LogP contribution in [0, 0.1) is 39.9 Å². The molecule has 136 heavy (non-hydrogen) atoms. The van der Waals surface area contributed by atoms with Gasteiger partial charge in [-0.05, 0) is 348 Å². The lowest BCUT2D eigenvalue weighted by Gasteiger charge is -2.56. The van der Waals surface area contributed by atoms with Crippen LogP contribution in [0.1, 0.15) is 206 Å². The lowest BCUT2D eigenvalue weighted by molar-refractivity contribution is -0.120. The van der Waals surface area contributed by atoms with E-state index in [2.05, 4.69) is 123 Å². The highest BCUT2D eigenvalue weighted by Crippen LogP contribution is 2.58. The molecule has 6 saturated carbocycles. The largest absolute Gasteiger partial charge is 0.396 e. The van der Waals surface area contributed by atoms with Gasteiger partial charge in [0.1, 0.15) is 0 Å². The molecule has 4 unspecified atom stereocenters. The maximum Gasteiger partial charge on any atom is 0.234 e. The van der Waals surface area contributed by atoms with Gasteiger partial charge in [-0.25, -0.2) is 0 Å². The summed E-state index contributed by atoms with van der Waals surface area (Å²) in [6, 6.07) is 4.21. The van der Waals surface area contributed by atoms with E-state index in [-0.39, 0.29) is 104 Å². The molecule has 0 aromatic rings. The van der Waals surface area contributed by atoms with Gasteiger partial charge in [0.05, 0.1) is 126 Å². The summed E-state index contributed by atoms with van der Waals surface area (Å²) in [5.74, 6) is 2.21. The highest BCUT2D eigenvalue weighted by atomic mass is 16.5. The molecule has 12 saturated heterocycles. The molecule has 18 rings (SSSR count). The second-order valence-electron chi connectivity index (χ2n) is 43.8. The number of aliphatic hydroxyl groups is 15. The molecule has 12 atom stereocenters. The van der Waals surface area contributed by atoms with Gasteiger partial charge in [0.25, 0.3) is 0 Å². The molecule has 0 aromatic carbocycles. The Kier molecular flexibility index (Phi) is 67.6. The summed E-state index contributed by atoms with van der Waals surface area (Å²) in [7, 11) is 32.1. The number of piperidine rings is 2. The van der Waals surface area contributed by atoms with E-state index < -0.39 is 0 Å². The standard InChI is InChI=1S/C9H17NO.C8H15NO.2C8H17NO.2C7H13NO.C6H14N2O.C6H13NO2.4C6H13NO.2C5H11NO.C4H11NO2.C4H9NO/c1-10-6-7-2-9(3-7)4-8(11)5-9;1-9-6-2-3-7(9)5-8(10)4-6;1-9-6-7-2-4-8(10)5-3-7;1-9-8-5-3-2-4-7(8)6-10;1-8-4-7(5-8)2-6(9)3-7;1-8-6-2-3-7(8)5-9-4-6;1-4(2)5(8-3)6(7)9;1-7-2-3-9-5-6(7)4-8;1-7-4-2-6(8)3-5-7;1-7-4-6(5-8)2-3-6;2*1-7-4-2-3-6(7)5-8;2*1-6-3-2-5(7)4-6;1-5-4(2-6)3-7;1-5-2-4(6)3-5/h7-8,10-11H,2-6H2,1H3;6-8,10H,2-5H2,1H3;2*7-10H,2-6H2,1H3;6,9H,2-5H2,1H3;6-7H,2-5H2,1H3;4-5,8H,1-3H3,(H2,7,9);6,8H,2-5H2,1H3;6,8H,2-5H2,1H3;7-8H,2-5H2,1H3;2*6,8H,2-5H2,1H3;2*5,7H,2-4H2,1H3;4-7H,2-3H2,1H3;4,6H,2-3H2,1H3/t;;;7-,8-;;;5-;6-;;;2*6-;2*5-;;/m...0..01..1010../s1. The predicted molar refractivity (Wildman–Crippen MR) is 547 cm³/mol. The first kappa shape index (κ1) is 128. The van der Waals surface area contributed by atoms with E-state index in [1.807, 2.05) is 70.2 Å². The van der Waals surface area contributed by atoms with Crippen molar-refractivity contribution in [3.63, 3.8) is 0 Å². The average Bonchev–Trinajstić information content (AvgIpc) is 1.08. The second-order valence-corrected chi connectivity index (χ2v) is 43.8. The molecule has 23 N–H and O–H groups in total. The Morgan fingerprint density at radius 3 is 1.12 bits per heavy atom. The van der Waals surface area contributed by atoms with E-state index in [9.17, 15) is 15.0 Å². The van der Waals surface area contributed by atoms with E-state index in [1.165, 1.54) is 129 Å². The molecule has 12 aliphatic heterocycles. The Bertz CT molecular complexity index is 2730. The number of β-amino-alcohol motifs (C(OH)–C–C–N with tert-alkyl or cyclic N) is 3. The van der Waals surface area contributed by atoms with Crippen molar-refractivity contribution in [3.05, 3.63) is 0 Å². The molecular weight excluding hydrogens is 1740 g/mol. The van der Waals surface area contributed by atoms with E-state index in [1.54, 1.807) is 14.1 Å². The number of ether oxygens (including phenoxy) is 2. The smallest absolute Gasteiger partial charge is 0.234 e. The SMILES string of the molecule is CN1C2CCC1CC(O)C2.CN1C2CCC1COC2.CN1CC(O)C1.CN1CC2(CC(O)C2)C1.CN1CCC(O)CC1.CN1CCC[C@@H]1CO.CN1CCC[C@H]1CO.CN1CCOC[C@H]1CO.CN1CC[C@@H](O)C1.CN1CC[C@H](O)C1.CNC(CO)CO.CNCC1(CO)CC1.CNCC1CC2(CC(O)C2)C1.CNCC1CCC(O)CC1.CN[C@H](C(N)=O)C(C)C.CN[C@H]1CCCC[C@H]1CO. The molecule has 0 aromatic heterocycles. The number of likely N-dealkylation sites (tertiary alicyclic amines) is 7. The Morgan fingerprint density at radius 1 is 0.397 bits per heavy atom. The van der Waals surface area contributed by atoms with Gasteiger partial charge in [-0.2, -0.15) is 0 Å². The van der Waals surface area contributed by atoms with E-state index in [0.717, 1.165) is 212 Å². The van der Waals surface area contributed by atoms with Gasteiger partial charge in [0.2, 0.25) is 5.91 Å². The third-order valence-corrected chi connectivity index (χ3v) is 31.3. The summed E-state index contributed by atoms with van der Waals surface area (Å²) in [6.45, 7) is 25.5. The number of amides is 1. The number of hydrogen-bond donors (Lipinski definition) is 22. The Labute approximate surface area is 825 Å². The van der Waals surface area contributed by atoms with Gasteiger partial charge >= 0.3 is 0 Å². The molecule has 18 aliphatic rings. The van der Waals surface area contributed by atoms with Crippen LogP contribution in [0.5, 0.6) is 0 Å². The second kappa shape index (κ2) is 71.6. The van der Waals surface area contributed by atoms with Crippen molar-refractivity contribution >= 4 is 5.91 Å². The number of aliphatic hydroxyl groups excluding tert-OH is 15. The maximum absolute atomic E-state index is 10.5. The van der Waals surface area contributed by atoms with Crippen LogP contribution < -0.4 is 37.6 Å². The monoisotopic (exact) mass is 1950 g/mol. The van der Waals surface area contributed by atoms with Gasteiger partial charge < -0.3 is 163 Å². The summed E-state index contributed by atoms with van der Waals surface area (Å²) in [6.07, 6.45) is 34.7. The molecule has 35 heteroatoms. The molecule has 810 valence electrons. The zero-order valence-electron chi connectivity index (χ0n) is 89.0. The van der Waals surface area contributed by atoms with Gasteiger partial charge in [-0.1, -0.05) is 26.7 Å². The number of carbonyl (C=O) groups is 1. The third kappa shape index (κ3) is 51.5. The van der Waals surface area contributed by atoms with E-state index in [0.29, 0.717) is 80.0 Å². The summed E-state index contributed by atoms with van der Waals surface area (Å²) in [5.41, 5.74) is 6.49. The van der Waals surface area contributed by atoms with Crippen molar-refractivity contribution in [1.29, 1.82) is 0 Å². The number of hydrogen-bond acceptors (Lipinski definition) is 34. The number of nitrogens with one attached hydrogen (secondary N) is 6.